The predicted molar refractivity (Wildman–Crippen MR) is 89.3 cm³/mol. The number of hydrogen-bond donors (Lipinski definition) is 1. The second kappa shape index (κ2) is 6.67. The van der Waals surface area contributed by atoms with Crippen molar-refractivity contribution in [1.29, 1.82) is 0 Å². The molecule has 1 aromatic rings. The van der Waals surface area contributed by atoms with Gasteiger partial charge >= 0.3 is 0 Å². The van der Waals surface area contributed by atoms with Gasteiger partial charge in [0.15, 0.2) is 6.61 Å². The van der Waals surface area contributed by atoms with Crippen LogP contribution >= 0.6 is 0 Å². The molecular weight excluding hydrogens is 328 g/mol. The third-order valence-electron chi connectivity index (χ3n) is 4.70. The van der Waals surface area contributed by atoms with Gasteiger partial charge in [0.2, 0.25) is 5.91 Å². The van der Waals surface area contributed by atoms with Gasteiger partial charge in [0, 0.05) is 24.7 Å². The largest absolute Gasteiger partial charge is 0.482 e. The number of nitrogens with two attached hydrogens (primary N) is 1. The molecule has 2 amide bonds. The first-order valence-electron chi connectivity index (χ1n) is 8.12. The Bertz CT molecular complexity index is 722. The second-order valence-corrected chi connectivity index (χ2v) is 6.41. The van der Waals surface area contributed by atoms with Crippen LogP contribution in [0.3, 0.4) is 0 Å². The summed E-state index contributed by atoms with van der Waals surface area (Å²) in [7, 11) is 0. The number of non-ortho nitro benzene ring substituents is 1. The molecule has 0 aromatic heterocycles. The van der Waals surface area contributed by atoms with Gasteiger partial charge in [-0.3, -0.25) is 24.6 Å². The molecule has 134 valence electrons. The molecule has 2 N–H and O–H groups in total. The summed E-state index contributed by atoms with van der Waals surface area (Å²) in [5.74, 6) is 0.0137. The van der Waals surface area contributed by atoms with Gasteiger partial charge in [-0.2, -0.15) is 0 Å². The van der Waals surface area contributed by atoms with Gasteiger partial charge in [0.1, 0.15) is 12.3 Å². The zero-order valence-corrected chi connectivity index (χ0v) is 13.9. The lowest BCUT2D eigenvalue weighted by molar-refractivity contribution is -0.384. The van der Waals surface area contributed by atoms with Crippen LogP contribution in [0, 0.1) is 16.0 Å². The molecule has 2 unspecified atom stereocenters. The molecule has 0 radical (unpaired) electrons. The average Bonchev–Trinajstić information content (AvgIpc) is 2.98. The van der Waals surface area contributed by atoms with Gasteiger partial charge in [-0.25, -0.2) is 0 Å². The minimum atomic E-state index is -0.548. The van der Waals surface area contributed by atoms with Crippen LogP contribution in [0.1, 0.15) is 13.3 Å². The van der Waals surface area contributed by atoms with Crippen molar-refractivity contribution >= 4 is 23.2 Å². The van der Waals surface area contributed by atoms with E-state index in [2.05, 4.69) is 0 Å². The van der Waals surface area contributed by atoms with Crippen LogP contribution in [-0.4, -0.2) is 53.9 Å². The number of hydrogen-bond acceptors (Lipinski definition) is 6. The van der Waals surface area contributed by atoms with Crippen LogP contribution < -0.4 is 15.4 Å². The molecular formula is C16H20N4O5. The summed E-state index contributed by atoms with van der Waals surface area (Å²) in [6.07, 6.45) is 0.835. The molecule has 9 nitrogen and oxygen atoms in total. The highest BCUT2D eigenvalue weighted by Gasteiger charge is 2.35. The predicted octanol–water partition coefficient (Wildman–Crippen LogP) is 0.516. The zero-order chi connectivity index (χ0) is 18.1. The van der Waals surface area contributed by atoms with E-state index in [1.165, 1.54) is 23.1 Å². The van der Waals surface area contributed by atoms with Crippen molar-refractivity contribution < 1.29 is 19.2 Å². The van der Waals surface area contributed by atoms with E-state index in [1.807, 2.05) is 6.92 Å². The Hall–Kier alpha value is -2.68. The third-order valence-corrected chi connectivity index (χ3v) is 4.70. The van der Waals surface area contributed by atoms with Gasteiger partial charge < -0.3 is 15.4 Å². The summed E-state index contributed by atoms with van der Waals surface area (Å²) in [6, 6.07) is 4.07. The number of likely N-dealkylation sites (tertiary alicyclic amines) is 1. The lowest BCUT2D eigenvalue weighted by Gasteiger charge is -2.31. The van der Waals surface area contributed by atoms with Gasteiger partial charge in [-0.1, -0.05) is 0 Å². The summed E-state index contributed by atoms with van der Waals surface area (Å²) in [4.78, 5) is 38.3. The number of nitro groups is 1. The van der Waals surface area contributed by atoms with Crippen molar-refractivity contribution in [3.63, 3.8) is 0 Å². The fourth-order valence-corrected chi connectivity index (χ4v) is 3.36. The number of fused-ring (bicyclic) bond motifs is 1. The fourth-order valence-electron chi connectivity index (χ4n) is 3.36. The minimum absolute atomic E-state index is 0.0572. The molecule has 0 spiro atoms. The monoisotopic (exact) mass is 348 g/mol. The minimum Gasteiger partial charge on any atom is -0.482 e. The number of carbonyl (C=O) groups excluding carboxylic acids is 2. The summed E-state index contributed by atoms with van der Waals surface area (Å²) in [6.45, 7) is 2.67. The highest BCUT2D eigenvalue weighted by atomic mass is 16.6. The van der Waals surface area contributed by atoms with Gasteiger partial charge in [-0.15, -0.1) is 0 Å². The third kappa shape index (κ3) is 3.27. The first kappa shape index (κ1) is 17.2. The Balaban J connectivity index is 1.83. The Kier molecular flexibility index (Phi) is 4.58. The number of ether oxygens (including phenoxy) is 1. The molecule has 2 aliphatic heterocycles. The van der Waals surface area contributed by atoms with Gasteiger partial charge in [-0.05, 0) is 31.9 Å². The molecule has 2 aliphatic rings. The highest BCUT2D eigenvalue weighted by Crippen LogP contribution is 2.35. The number of nitro benzene ring substituents is 1. The van der Waals surface area contributed by atoms with Crippen LogP contribution in [0.5, 0.6) is 5.75 Å². The molecule has 1 saturated heterocycles. The quantitative estimate of drug-likeness (QED) is 0.626. The van der Waals surface area contributed by atoms with E-state index in [0.29, 0.717) is 18.8 Å². The smallest absolute Gasteiger partial charge is 0.271 e. The van der Waals surface area contributed by atoms with E-state index in [9.17, 15) is 19.7 Å². The number of amides is 2. The Morgan fingerprint density at radius 1 is 1.48 bits per heavy atom. The van der Waals surface area contributed by atoms with Crippen LogP contribution in [-0.2, 0) is 9.59 Å². The molecule has 0 aliphatic carbocycles. The SMILES string of the molecule is CC1CC(CN)CN1C(=O)CN1C(=O)COc2ccc([N+](=O)[O-])cc21. The Labute approximate surface area is 144 Å². The Morgan fingerprint density at radius 2 is 2.24 bits per heavy atom. The number of anilines is 1. The van der Waals surface area contributed by atoms with E-state index in [0.717, 1.165) is 6.42 Å². The lowest BCUT2D eigenvalue weighted by Crippen LogP contribution is -2.47. The van der Waals surface area contributed by atoms with Crippen molar-refractivity contribution in [3.8, 4) is 5.75 Å². The normalized spacial score (nSPS) is 22.6. The van der Waals surface area contributed by atoms with Crippen LogP contribution in [0.15, 0.2) is 18.2 Å². The van der Waals surface area contributed by atoms with Crippen LogP contribution in [0.25, 0.3) is 0 Å². The molecule has 1 aromatic carbocycles. The molecule has 9 heteroatoms. The molecule has 25 heavy (non-hydrogen) atoms. The molecule has 3 rings (SSSR count). The zero-order valence-electron chi connectivity index (χ0n) is 13.9. The van der Waals surface area contributed by atoms with E-state index >= 15 is 0 Å². The van der Waals surface area contributed by atoms with Crippen LogP contribution in [0.4, 0.5) is 11.4 Å². The van der Waals surface area contributed by atoms with Crippen LogP contribution in [0.2, 0.25) is 0 Å². The standard InChI is InChI=1S/C16H20N4O5/c1-10-4-11(6-17)7-18(10)15(21)8-19-13-5-12(20(23)24)2-3-14(13)25-9-16(19)22/h2-3,5,10-11H,4,6-9,17H2,1H3. The lowest BCUT2D eigenvalue weighted by atomic mass is 10.1. The first-order valence-corrected chi connectivity index (χ1v) is 8.12. The van der Waals surface area contributed by atoms with E-state index in [-0.39, 0.29) is 42.4 Å². The topological polar surface area (TPSA) is 119 Å². The molecule has 0 saturated carbocycles. The number of carbonyl (C=O) groups is 2. The fraction of sp³-hybridized carbons (Fsp3) is 0.500. The maximum absolute atomic E-state index is 12.7. The summed E-state index contributed by atoms with van der Waals surface area (Å²) in [5, 5.41) is 11.0. The van der Waals surface area contributed by atoms with Crippen molar-refractivity contribution in [2.45, 2.75) is 19.4 Å². The second-order valence-electron chi connectivity index (χ2n) is 6.41. The van der Waals surface area contributed by atoms with E-state index in [1.54, 1.807) is 4.90 Å². The molecule has 0 bridgehead atoms. The van der Waals surface area contributed by atoms with Gasteiger partial charge in [0.05, 0.1) is 10.6 Å². The summed E-state index contributed by atoms with van der Waals surface area (Å²) in [5.41, 5.74) is 5.78. The molecule has 2 heterocycles. The summed E-state index contributed by atoms with van der Waals surface area (Å²) >= 11 is 0. The number of rotatable bonds is 4. The highest BCUT2D eigenvalue weighted by molar-refractivity contribution is 6.02. The number of benzene rings is 1. The van der Waals surface area contributed by atoms with Gasteiger partial charge in [0.25, 0.3) is 11.6 Å². The van der Waals surface area contributed by atoms with E-state index in [4.69, 9.17) is 10.5 Å². The maximum atomic E-state index is 12.7. The maximum Gasteiger partial charge on any atom is 0.271 e. The Morgan fingerprint density at radius 3 is 2.88 bits per heavy atom. The van der Waals surface area contributed by atoms with Crippen molar-refractivity contribution in [3.05, 3.63) is 28.3 Å². The van der Waals surface area contributed by atoms with Crippen molar-refractivity contribution in [2.24, 2.45) is 11.7 Å². The van der Waals surface area contributed by atoms with Crippen molar-refractivity contribution in [2.75, 3.05) is 31.1 Å². The summed E-state index contributed by atoms with van der Waals surface area (Å²) < 4.78 is 5.31. The average molecular weight is 348 g/mol. The molecule has 1 fully saturated rings. The van der Waals surface area contributed by atoms with E-state index < -0.39 is 10.8 Å². The number of nitrogens with zero attached hydrogens (tertiary/aromatic N) is 3. The van der Waals surface area contributed by atoms with Crippen molar-refractivity contribution in [1.82, 2.24) is 4.90 Å². The molecule has 2 atom stereocenters. The first-order chi connectivity index (χ1) is 11.9.